The normalized spacial score (nSPS) is 16.4. The van der Waals surface area contributed by atoms with Crippen LogP contribution in [-0.4, -0.2) is 65.2 Å². The maximum absolute atomic E-state index is 11.5. The molecule has 8 heteroatoms. The molecular weight excluding hydrogens is 544 g/mol. The summed E-state index contributed by atoms with van der Waals surface area (Å²) in [5, 5.41) is 6.39. The quantitative estimate of drug-likeness (QED) is 0.195. The van der Waals surface area contributed by atoms with Gasteiger partial charge in [-0.3, -0.25) is 4.79 Å². The van der Waals surface area contributed by atoms with Crippen LogP contribution in [0.5, 0.6) is 17.2 Å². The first-order chi connectivity index (χ1) is 21.2. The summed E-state index contributed by atoms with van der Waals surface area (Å²) in [5.41, 5.74) is 3.39. The minimum absolute atomic E-state index is 0.0618. The third-order valence-electron chi connectivity index (χ3n) is 7.57. The maximum atomic E-state index is 11.5. The van der Waals surface area contributed by atoms with Crippen molar-refractivity contribution in [1.82, 2.24) is 10.6 Å². The lowest BCUT2D eigenvalue weighted by atomic mass is 9.88. The predicted molar refractivity (Wildman–Crippen MR) is 168 cm³/mol. The van der Waals surface area contributed by atoms with Crippen molar-refractivity contribution in [3.05, 3.63) is 89.5 Å². The Morgan fingerprint density at radius 1 is 0.884 bits per heavy atom. The molecule has 4 rings (SSSR count). The summed E-state index contributed by atoms with van der Waals surface area (Å²) in [4.78, 5) is 11.5. The molecule has 1 amide bonds. The first kappa shape index (κ1) is 32.3. The Bertz CT molecular complexity index is 1240. The van der Waals surface area contributed by atoms with E-state index in [1.54, 1.807) is 7.11 Å². The molecule has 0 radical (unpaired) electrons. The first-order valence-corrected chi connectivity index (χ1v) is 15.4. The van der Waals surface area contributed by atoms with E-state index < -0.39 is 0 Å². The Morgan fingerprint density at radius 2 is 1.65 bits per heavy atom. The minimum Gasteiger partial charge on any atom is -0.496 e. The van der Waals surface area contributed by atoms with Crippen LogP contribution in [0.2, 0.25) is 0 Å². The fourth-order valence-corrected chi connectivity index (χ4v) is 5.22. The fraction of sp³-hybridized carbons (Fsp3) is 0.457. The van der Waals surface area contributed by atoms with Crippen LogP contribution >= 0.6 is 0 Å². The van der Waals surface area contributed by atoms with E-state index in [4.69, 9.17) is 23.7 Å². The van der Waals surface area contributed by atoms with Gasteiger partial charge in [-0.2, -0.15) is 0 Å². The zero-order chi connectivity index (χ0) is 30.1. The van der Waals surface area contributed by atoms with Crippen molar-refractivity contribution < 1.29 is 28.5 Å². The molecule has 0 aromatic heterocycles. The van der Waals surface area contributed by atoms with Gasteiger partial charge in [0.15, 0.2) is 0 Å². The molecule has 1 saturated heterocycles. The Hall–Kier alpha value is -3.59. The molecule has 1 aliphatic heterocycles. The molecule has 43 heavy (non-hydrogen) atoms. The lowest BCUT2D eigenvalue weighted by Crippen LogP contribution is -2.41. The van der Waals surface area contributed by atoms with Gasteiger partial charge >= 0.3 is 0 Å². The molecule has 8 nitrogen and oxygen atoms in total. The average molecular weight is 591 g/mol. The van der Waals surface area contributed by atoms with E-state index in [9.17, 15) is 4.79 Å². The number of methoxy groups -OCH3 is 1. The van der Waals surface area contributed by atoms with E-state index in [0.717, 1.165) is 60.7 Å². The van der Waals surface area contributed by atoms with Crippen molar-refractivity contribution in [2.24, 2.45) is 0 Å². The SMILES string of the molecule is CCC(=O)NCCc1ccccc1OCCO[C@H]1CNCC[C@@H]1c1ccc(OCCCOCc2ccccc2OC)cc1. The number of carbonyl (C=O) groups excluding carboxylic acids is 1. The third-order valence-corrected chi connectivity index (χ3v) is 7.57. The van der Waals surface area contributed by atoms with Gasteiger partial charge < -0.3 is 34.3 Å². The van der Waals surface area contributed by atoms with Crippen LogP contribution in [0.4, 0.5) is 0 Å². The summed E-state index contributed by atoms with van der Waals surface area (Å²) in [6.07, 6.45) is 3.12. The second kappa shape index (κ2) is 18.2. The molecule has 3 aromatic carbocycles. The number of ether oxygens (including phenoxy) is 5. The number of rotatable bonds is 18. The molecule has 0 saturated carbocycles. The van der Waals surface area contributed by atoms with Crippen molar-refractivity contribution in [3.8, 4) is 17.2 Å². The van der Waals surface area contributed by atoms with Crippen LogP contribution in [0.3, 0.4) is 0 Å². The van der Waals surface area contributed by atoms with Crippen LogP contribution in [0.15, 0.2) is 72.8 Å². The van der Waals surface area contributed by atoms with Crippen LogP contribution in [0.1, 0.15) is 48.8 Å². The highest BCUT2D eigenvalue weighted by molar-refractivity contribution is 5.75. The molecule has 232 valence electrons. The van der Waals surface area contributed by atoms with Gasteiger partial charge in [0.05, 0.1) is 39.6 Å². The van der Waals surface area contributed by atoms with Crippen LogP contribution in [0, 0.1) is 0 Å². The number of hydrogen-bond acceptors (Lipinski definition) is 7. The van der Waals surface area contributed by atoms with E-state index in [0.29, 0.717) is 51.9 Å². The van der Waals surface area contributed by atoms with Gasteiger partial charge in [0, 0.05) is 37.4 Å². The second-order valence-electron chi connectivity index (χ2n) is 10.6. The van der Waals surface area contributed by atoms with Gasteiger partial charge in [0.1, 0.15) is 23.9 Å². The van der Waals surface area contributed by atoms with Crippen molar-refractivity contribution in [2.75, 3.05) is 53.2 Å². The second-order valence-corrected chi connectivity index (χ2v) is 10.6. The van der Waals surface area contributed by atoms with Gasteiger partial charge in [0.2, 0.25) is 5.91 Å². The van der Waals surface area contributed by atoms with E-state index in [1.807, 2.05) is 67.6 Å². The number of hydrogen-bond donors (Lipinski definition) is 2. The largest absolute Gasteiger partial charge is 0.496 e. The zero-order valence-electron chi connectivity index (χ0n) is 25.5. The predicted octanol–water partition coefficient (Wildman–Crippen LogP) is 5.29. The lowest BCUT2D eigenvalue weighted by molar-refractivity contribution is -0.120. The minimum atomic E-state index is 0.0618. The zero-order valence-corrected chi connectivity index (χ0v) is 25.5. The van der Waals surface area contributed by atoms with Gasteiger partial charge in [-0.25, -0.2) is 0 Å². The molecule has 0 unspecified atom stereocenters. The molecule has 2 N–H and O–H groups in total. The molecule has 1 aliphatic rings. The number of carbonyl (C=O) groups is 1. The van der Waals surface area contributed by atoms with Gasteiger partial charge in [-0.15, -0.1) is 0 Å². The number of nitrogens with one attached hydrogen (secondary N) is 2. The van der Waals surface area contributed by atoms with Crippen LogP contribution < -0.4 is 24.8 Å². The summed E-state index contributed by atoms with van der Waals surface area (Å²) >= 11 is 0. The number of benzene rings is 3. The number of piperidine rings is 1. The highest BCUT2D eigenvalue weighted by Gasteiger charge is 2.27. The molecular formula is C35H46N2O6. The van der Waals surface area contributed by atoms with Crippen molar-refractivity contribution >= 4 is 5.91 Å². The Labute approximate surface area is 256 Å². The average Bonchev–Trinajstić information content (AvgIpc) is 3.06. The fourth-order valence-electron chi connectivity index (χ4n) is 5.22. The van der Waals surface area contributed by atoms with Crippen molar-refractivity contribution in [3.63, 3.8) is 0 Å². The molecule has 0 bridgehead atoms. The molecule has 2 atom stereocenters. The molecule has 0 spiro atoms. The van der Waals surface area contributed by atoms with Crippen LogP contribution in [0.25, 0.3) is 0 Å². The Kier molecular flexibility index (Phi) is 13.7. The summed E-state index contributed by atoms with van der Waals surface area (Å²) in [5.74, 6) is 2.93. The molecule has 1 heterocycles. The van der Waals surface area contributed by atoms with Gasteiger partial charge in [-0.1, -0.05) is 55.5 Å². The third kappa shape index (κ3) is 10.6. The number of amides is 1. The highest BCUT2D eigenvalue weighted by atomic mass is 16.5. The van der Waals surface area contributed by atoms with E-state index in [2.05, 4.69) is 22.8 Å². The summed E-state index contributed by atoms with van der Waals surface area (Å²) in [6, 6.07) is 24.3. The van der Waals surface area contributed by atoms with Crippen LogP contribution in [-0.2, 0) is 27.3 Å². The van der Waals surface area contributed by atoms with Crippen molar-refractivity contribution in [2.45, 2.75) is 51.2 Å². The summed E-state index contributed by atoms with van der Waals surface area (Å²) in [7, 11) is 1.68. The maximum Gasteiger partial charge on any atom is 0.219 e. The Balaban J connectivity index is 1.16. The van der Waals surface area contributed by atoms with Crippen molar-refractivity contribution in [1.29, 1.82) is 0 Å². The Morgan fingerprint density at radius 3 is 2.44 bits per heavy atom. The highest BCUT2D eigenvalue weighted by Crippen LogP contribution is 2.29. The first-order valence-electron chi connectivity index (χ1n) is 15.4. The monoisotopic (exact) mass is 590 g/mol. The molecule has 1 fully saturated rings. The smallest absolute Gasteiger partial charge is 0.219 e. The topological polar surface area (TPSA) is 87.3 Å². The number of para-hydroxylation sites is 2. The standard InChI is InChI=1S/C35H46N2O6/c1-3-35(38)37-20-17-28-9-4-7-12-33(28)42-23-24-43-34-25-36-19-18-31(34)27-13-15-30(16-14-27)41-22-8-21-40-26-29-10-5-6-11-32(29)39-2/h4-7,9-16,31,34,36H,3,8,17-26H2,1-2H3,(H,37,38)/t31-,34+/m1/s1. The van der Waals surface area contributed by atoms with E-state index in [-0.39, 0.29) is 12.0 Å². The molecule has 0 aliphatic carbocycles. The molecule has 3 aromatic rings. The van der Waals surface area contributed by atoms with Gasteiger partial charge in [-0.05, 0) is 54.8 Å². The van der Waals surface area contributed by atoms with E-state index >= 15 is 0 Å². The van der Waals surface area contributed by atoms with Gasteiger partial charge in [0.25, 0.3) is 0 Å². The van der Waals surface area contributed by atoms with E-state index in [1.165, 1.54) is 5.56 Å². The summed E-state index contributed by atoms with van der Waals surface area (Å²) < 4.78 is 29.5. The summed E-state index contributed by atoms with van der Waals surface area (Å²) in [6.45, 7) is 6.95. The lowest BCUT2D eigenvalue weighted by Gasteiger charge is -2.32.